The number of hydrogen-bond donors (Lipinski definition) is 1. The van der Waals surface area contributed by atoms with E-state index in [2.05, 4.69) is 17.2 Å². The number of rotatable bonds is 5. The molecule has 0 aliphatic rings. The zero-order valence-corrected chi connectivity index (χ0v) is 14.6. The van der Waals surface area contributed by atoms with E-state index in [0.29, 0.717) is 5.56 Å². The Bertz CT molecular complexity index is 957. The van der Waals surface area contributed by atoms with Crippen molar-refractivity contribution in [3.63, 3.8) is 0 Å². The molecule has 3 rings (SSSR count). The van der Waals surface area contributed by atoms with Crippen LogP contribution in [-0.4, -0.2) is 19.1 Å². The number of amides is 1. The lowest BCUT2D eigenvalue weighted by atomic mass is 10.0. The molecule has 134 valence electrons. The molecule has 0 radical (unpaired) electrons. The van der Waals surface area contributed by atoms with Gasteiger partial charge >= 0.3 is 0 Å². The highest BCUT2D eigenvalue weighted by Crippen LogP contribution is 2.19. The summed E-state index contributed by atoms with van der Waals surface area (Å²) in [7, 11) is 0. The van der Waals surface area contributed by atoms with Crippen molar-refractivity contribution in [2.45, 2.75) is 0 Å². The maximum Gasteiger partial charge on any atom is 0.252 e. The van der Waals surface area contributed by atoms with Crippen molar-refractivity contribution in [1.82, 2.24) is 5.32 Å². The third-order valence-corrected chi connectivity index (χ3v) is 3.85. The van der Waals surface area contributed by atoms with Gasteiger partial charge in [-0.05, 0) is 35.4 Å². The van der Waals surface area contributed by atoms with Crippen LogP contribution in [0, 0.1) is 17.7 Å². The molecule has 1 N–H and O–H groups in total. The largest absolute Gasteiger partial charge is 0.478 e. The zero-order valence-electron chi connectivity index (χ0n) is 14.6. The highest BCUT2D eigenvalue weighted by Gasteiger charge is 2.04. The average Bonchev–Trinajstić information content (AvgIpc) is 2.72. The fourth-order valence-corrected chi connectivity index (χ4v) is 2.46. The van der Waals surface area contributed by atoms with Crippen LogP contribution in [0.5, 0.6) is 5.75 Å². The summed E-state index contributed by atoms with van der Waals surface area (Å²) in [5.41, 5.74) is 2.72. The maximum atomic E-state index is 13.4. The van der Waals surface area contributed by atoms with E-state index >= 15 is 0 Å². The molecule has 3 nitrogen and oxygen atoms in total. The van der Waals surface area contributed by atoms with E-state index in [9.17, 15) is 9.18 Å². The number of hydrogen-bond acceptors (Lipinski definition) is 2. The Labute approximate surface area is 157 Å². The Morgan fingerprint density at radius 1 is 0.852 bits per heavy atom. The van der Waals surface area contributed by atoms with Gasteiger partial charge in [-0.3, -0.25) is 4.79 Å². The lowest BCUT2D eigenvalue weighted by molar-refractivity contribution is 0.0958. The SMILES string of the molecule is O=C(NCC#CCOc1ccccc1F)c1ccc(-c2ccccc2)cc1. The summed E-state index contributed by atoms with van der Waals surface area (Å²) in [6.45, 7) is 0.252. The van der Waals surface area contributed by atoms with Crippen molar-refractivity contribution in [3.05, 3.63) is 90.2 Å². The number of carbonyl (C=O) groups excluding carboxylic acids is 1. The molecule has 0 fully saturated rings. The molecule has 0 spiro atoms. The van der Waals surface area contributed by atoms with E-state index in [1.807, 2.05) is 42.5 Å². The summed E-state index contributed by atoms with van der Waals surface area (Å²) in [6, 6.07) is 23.5. The lowest BCUT2D eigenvalue weighted by Crippen LogP contribution is -2.23. The Kier molecular flexibility index (Phi) is 6.21. The van der Waals surface area contributed by atoms with E-state index in [1.165, 1.54) is 12.1 Å². The van der Waals surface area contributed by atoms with Crippen LogP contribution < -0.4 is 10.1 Å². The zero-order chi connectivity index (χ0) is 18.9. The smallest absolute Gasteiger partial charge is 0.252 e. The topological polar surface area (TPSA) is 38.3 Å². The molecule has 1 amide bonds. The molecule has 0 heterocycles. The van der Waals surface area contributed by atoms with E-state index in [0.717, 1.165) is 11.1 Å². The predicted molar refractivity (Wildman–Crippen MR) is 104 cm³/mol. The molecular weight excluding hydrogens is 341 g/mol. The average molecular weight is 359 g/mol. The molecule has 27 heavy (non-hydrogen) atoms. The second-order valence-corrected chi connectivity index (χ2v) is 5.70. The minimum Gasteiger partial charge on any atom is -0.478 e. The Morgan fingerprint density at radius 2 is 1.52 bits per heavy atom. The Balaban J connectivity index is 1.46. The predicted octanol–water partition coefficient (Wildman–Crippen LogP) is 4.30. The van der Waals surface area contributed by atoms with E-state index in [1.54, 1.807) is 24.3 Å². The van der Waals surface area contributed by atoms with Crippen molar-refractivity contribution in [2.75, 3.05) is 13.2 Å². The minimum absolute atomic E-state index is 0.0581. The second kappa shape index (κ2) is 9.21. The van der Waals surface area contributed by atoms with Crippen molar-refractivity contribution in [3.8, 4) is 28.7 Å². The molecule has 0 atom stereocenters. The van der Waals surface area contributed by atoms with Gasteiger partial charge in [-0.2, -0.15) is 0 Å². The van der Waals surface area contributed by atoms with Gasteiger partial charge in [0, 0.05) is 5.56 Å². The third-order valence-electron chi connectivity index (χ3n) is 3.85. The normalized spacial score (nSPS) is 9.81. The molecule has 0 bridgehead atoms. The Hall–Kier alpha value is -3.58. The molecule has 0 aromatic heterocycles. The van der Waals surface area contributed by atoms with Gasteiger partial charge in [0.25, 0.3) is 5.91 Å². The van der Waals surface area contributed by atoms with Gasteiger partial charge < -0.3 is 10.1 Å². The molecule has 0 saturated heterocycles. The van der Waals surface area contributed by atoms with Crippen LogP contribution in [0.15, 0.2) is 78.9 Å². The first-order valence-electron chi connectivity index (χ1n) is 8.51. The van der Waals surface area contributed by atoms with E-state index < -0.39 is 5.82 Å². The van der Waals surface area contributed by atoms with Crippen LogP contribution in [0.25, 0.3) is 11.1 Å². The number of para-hydroxylation sites is 1. The Morgan fingerprint density at radius 3 is 2.26 bits per heavy atom. The van der Waals surface area contributed by atoms with Crippen LogP contribution in [-0.2, 0) is 0 Å². The van der Waals surface area contributed by atoms with Crippen LogP contribution in [0.3, 0.4) is 0 Å². The third kappa shape index (κ3) is 5.20. The summed E-state index contributed by atoms with van der Waals surface area (Å²) in [5, 5.41) is 2.73. The molecule has 0 unspecified atom stereocenters. The van der Waals surface area contributed by atoms with Crippen LogP contribution in [0.2, 0.25) is 0 Å². The molecule has 3 aromatic rings. The van der Waals surface area contributed by atoms with Crippen molar-refractivity contribution in [2.24, 2.45) is 0 Å². The molecule has 0 aliphatic carbocycles. The standard InChI is InChI=1S/C23H18FNO2/c24-21-10-4-5-11-22(21)27-17-7-6-16-25-23(26)20-14-12-19(13-15-20)18-8-2-1-3-9-18/h1-5,8-15H,16-17H2,(H,25,26). The van der Waals surface area contributed by atoms with Crippen LogP contribution in [0.1, 0.15) is 10.4 Å². The fourth-order valence-electron chi connectivity index (χ4n) is 2.46. The summed E-state index contributed by atoms with van der Waals surface area (Å²) in [5.74, 6) is 5.07. The van der Waals surface area contributed by atoms with Gasteiger partial charge in [-0.1, -0.05) is 66.4 Å². The highest BCUT2D eigenvalue weighted by atomic mass is 19.1. The number of ether oxygens (including phenoxy) is 1. The lowest BCUT2D eigenvalue weighted by Gasteiger charge is -2.04. The summed E-state index contributed by atoms with van der Waals surface area (Å²) < 4.78 is 18.6. The van der Waals surface area contributed by atoms with E-state index in [-0.39, 0.29) is 24.8 Å². The quantitative estimate of drug-likeness (QED) is 0.690. The van der Waals surface area contributed by atoms with Gasteiger partial charge in [-0.15, -0.1) is 0 Å². The molecule has 0 saturated carbocycles. The van der Waals surface area contributed by atoms with E-state index in [4.69, 9.17) is 4.74 Å². The highest BCUT2D eigenvalue weighted by molar-refractivity contribution is 5.94. The second-order valence-electron chi connectivity index (χ2n) is 5.70. The first-order chi connectivity index (χ1) is 13.2. The summed E-state index contributed by atoms with van der Waals surface area (Å²) in [4.78, 5) is 12.1. The fraction of sp³-hybridized carbons (Fsp3) is 0.0870. The number of nitrogens with one attached hydrogen (secondary N) is 1. The van der Waals surface area contributed by atoms with Gasteiger partial charge in [0.15, 0.2) is 11.6 Å². The monoisotopic (exact) mass is 359 g/mol. The van der Waals surface area contributed by atoms with Gasteiger partial charge in [0.1, 0.15) is 6.61 Å². The maximum absolute atomic E-state index is 13.4. The number of benzene rings is 3. The summed E-state index contributed by atoms with van der Waals surface area (Å²) in [6.07, 6.45) is 0. The molecule has 0 aliphatic heterocycles. The molecule has 4 heteroatoms. The molecule has 3 aromatic carbocycles. The number of carbonyl (C=O) groups is 1. The summed E-state index contributed by atoms with van der Waals surface area (Å²) >= 11 is 0. The van der Waals surface area contributed by atoms with Gasteiger partial charge in [-0.25, -0.2) is 4.39 Å². The van der Waals surface area contributed by atoms with Crippen molar-refractivity contribution >= 4 is 5.91 Å². The van der Waals surface area contributed by atoms with Crippen LogP contribution in [0.4, 0.5) is 4.39 Å². The van der Waals surface area contributed by atoms with Crippen molar-refractivity contribution < 1.29 is 13.9 Å². The number of halogens is 1. The van der Waals surface area contributed by atoms with Gasteiger partial charge in [0.05, 0.1) is 6.54 Å². The first kappa shape index (κ1) is 18.2. The molecular formula is C23H18FNO2. The van der Waals surface area contributed by atoms with Crippen LogP contribution >= 0.6 is 0 Å². The first-order valence-corrected chi connectivity index (χ1v) is 8.51. The van der Waals surface area contributed by atoms with Crippen molar-refractivity contribution in [1.29, 1.82) is 0 Å². The van der Waals surface area contributed by atoms with Gasteiger partial charge in [0.2, 0.25) is 0 Å². The minimum atomic E-state index is -0.424.